The van der Waals surface area contributed by atoms with Crippen LogP contribution in [0.25, 0.3) is 10.8 Å². The molecule has 7 nitrogen and oxygen atoms in total. The van der Waals surface area contributed by atoms with E-state index in [0.29, 0.717) is 23.0 Å². The monoisotopic (exact) mass is 406 g/mol. The van der Waals surface area contributed by atoms with E-state index in [-0.39, 0.29) is 23.1 Å². The van der Waals surface area contributed by atoms with Gasteiger partial charge in [-0.15, -0.1) is 0 Å². The number of hydrogen-bond donors (Lipinski definition) is 1. The van der Waals surface area contributed by atoms with Gasteiger partial charge in [0.2, 0.25) is 5.91 Å². The first-order chi connectivity index (χ1) is 14.4. The fraction of sp³-hybridized carbons (Fsp3) is 0.304. The standard InChI is InChI=1S/C23H26N4O3/c1-4-5-8-15-27-23(30)20-10-7-6-9-19(20)21(25-27)22(29)24-17-11-13-18(14-12-17)26(3)16(2)28/h6-7,9-14H,4-5,8,15H2,1-3H3,(H,24,29). The van der Waals surface area contributed by atoms with Crippen LogP contribution < -0.4 is 15.8 Å². The first-order valence-corrected chi connectivity index (χ1v) is 10.1. The number of aryl methyl sites for hydroxylation is 1. The van der Waals surface area contributed by atoms with Gasteiger partial charge in [0.1, 0.15) is 0 Å². The molecule has 0 aliphatic rings. The highest BCUT2D eigenvalue weighted by molar-refractivity contribution is 6.11. The van der Waals surface area contributed by atoms with E-state index in [9.17, 15) is 14.4 Å². The van der Waals surface area contributed by atoms with E-state index in [0.717, 1.165) is 24.9 Å². The predicted octanol–water partition coefficient (Wildman–Crippen LogP) is 3.82. The number of carbonyl (C=O) groups excluding carboxylic acids is 2. The van der Waals surface area contributed by atoms with Crippen LogP contribution in [-0.2, 0) is 11.3 Å². The normalized spacial score (nSPS) is 10.8. The number of rotatable bonds is 7. The molecule has 0 aliphatic carbocycles. The molecule has 0 spiro atoms. The second kappa shape index (κ2) is 9.35. The van der Waals surface area contributed by atoms with Gasteiger partial charge in [0, 0.05) is 37.3 Å². The van der Waals surface area contributed by atoms with Crippen molar-refractivity contribution in [3.8, 4) is 0 Å². The quantitative estimate of drug-likeness (QED) is 0.605. The van der Waals surface area contributed by atoms with Gasteiger partial charge in [0.05, 0.1) is 5.39 Å². The Kier molecular flexibility index (Phi) is 6.61. The number of hydrogen-bond acceptors (Lipinski definition) is 4. The van der Waals surface area contributed by atoms with Crippen LogP contribution in [-0.4, -0.2) is 28.6 Å². The van der Waals surface area contributed by atoms with Crippen molar-refractivity contribution < 1.29 is 9.59 Å². The molecule has 0 atom stereocenters. The summed E-state index contributed by atoms with van der Waals surface area (Å²) >= 11 is 0. The molecule has 3 rings (SSSR count). The van der Waals surface area contributed by atoms with Crippen LogP contribution in [0.1, 0.15) is 43.6 Å². The second-order valence-corrected chi connectivity index (χ2v) is 7.21. The highest BCUT2D eigenvalue weighted by Crippen LogP contribution is 2.19. The maximum atomic E-state index is 13.0. The summed E-state index contributed by atoms with van der Waals surface area (Å²) in [6, 6.07) is 14.0. The van der Waals surface area contributed by atoms with Gasteiger partial charge in [-0.2, -0.15) is 5.10 Å². The van der Waals surface area contributed by atoms with Crippen LogP contribution in [0.3, 0.4) is 0 Å². The van der Waals surface area contributed by atoms with Crippen molar-refractivity contribution in [3.05, 3.63) is 64.6 Å². The van der Waals surface area contributed by atoms with Crippen LogP contribution in [0.4, 0.5) is 11.4 Å². The number of aromatic nitrogens is 2. The third-order valence-electron chi connectivity index (χ3n) is 5.04. The van der Waals surface area contributed by atoms with Gasteiger partial charge in [-0.25, -0.2) is 4.68 Å². The molecule has 1 aromatic heterocycles. The summed E-state index contributed by atoms with van der Waals surface area (Å²) in [5, 5.41) is 8.22. The molecule has 0 saturated carbocycles. The fourth-order valence-electron chi connectivity index (χ4n) is 3.21. The molecule has 156 valence electrons. The smallest absolute Gasteiger partial charge is 0.276 e. The van der Waals surface area contributed by atoms with E-state index in [2.05, 4.69) is 17.3 Å². The lowest BCUT2D eigenvalue weighted by atomic mass is 10.1. The molecular weight excluding hydrogens is 380 g/mol. The van der Waals surface area contributed by atoms with Gasteiger partial charge < -0.3 is 10.2 Å². The Balaban J connectivity index is 1.91. The maximum absolute atomic E-state index is 13.0. The highest BCUT2D eigenvalue weighted by atomic mass is 16.2. The maximum Gasteiger partial charge on any atom is 0.276 e. The lowest BCUT2D eigenvalue weighted by Gasteiger charge is -2.15. The predicted molar refractivity (Wildman–Crippen MR) is 119 cm³/mol. The SMILES string of the molecule is CCCCCn1nc(C(=O)Nc2ccc(N(C)C(C)=O)cc2)c2ccccc2c1=O. The number of anilines is 2. The molecule has 0 bridgehead atoms. The number of unbranched alkanes of at least 4 members (excludes halogenated alkanes) is 2. The fourth-order valence-corrected chi connectivity index (χ4v) is 3.21. The number of amides is 2. The van der Waals surface area contributed by atoms with Crippen molar-refractivity contribution in [2.24, 2.45) is 0 Å². The lowest BCUT2D eigenvalue weighted by molar-refractivity contribution is -0.116. The van der Waals surface area contributed by atoms with Gasteiger partial charge in [0.15, 0.2) is 5.69 Å². The summed E-state index contributed by atoms with van der Waals surface area (Å²) in [6.07, 6.45) is 2.85. The summed E-state index contributed by atoms with van der Waals surface area (Å²) in [5.41, 5.74) is 1.34. The Bertz CT molecular complexity index is 1120. The Hall–Kier alpha value is -3.48. The minimum atomic E-state index is -0.386. The molecular formula is C23H26N4O3. The first-order valence-electron chi connectivity index (χ1n) is 10.1. The molecule has 1 heterocycles. The summed E-state index contributed by atoms with van der Waals surface area (Å²) < 4.78 is 1.39. The van der Waals surface area contributed by atoms with Gasteiger partial charge >= 0.3 is 0 Å². The Morgan fingerprint density at radius 3 is 2.33 bits per heavy atom. The topological polar surface area (TPSA) is 84.3 Å². The third kappa shape index (κ3) is 4.56. The number of nitrogens with one attached hydrogen (secondary N) is 1. The molecule has 0 radical (unpaired) electrons. The molecule has 2 aromatic carbocycles. The third-order valence-corrected chi connectivity index (χ3v) is 5.04. The first kappa shape index (κ1) is 21.2. The molecule has 0 unspecified atom stereocenters. The second-order valence-electron chi connectivity index (χ2n) is 7.21. The van der Waals surface area contributed by atoms with E-state index >= 15 is 0 Å². The largest absolute Gasteiger partial charge is 0.321 e. The Morgan fingerprint density at radius 2 is 1.70 bits per heavy atom. The van der Waals surface area contributed by atoms with E-state index < -0.39 is 0 Å². The van der Waals surface area contributed by atoms with Crippen molar-refractivity contribution in [2.75, 3.05) is 17.3 Å². The molecule has 0 aliphatic heterocycles. The van der Waals surface area contributed by atoms with Crippen molar-refractivity contribution in [2.45, 2.75) is 39.7 Å². The Morgan fingerprint density at radius 1 is 1.03 bits per heavy atom. The van der Waals surface area contributed by atoms with Crippen LogP contribution in [0.2, 0.25) is 0 Å². The van der Waals surface area contributed by atoms with Crippen LogP contribution in [0, 0.1) is 0 Å². The summed E-state index contributed by atoms with van der Waals surface area (Å²) in [5.74, 6) is -0.462. The van der Waals surface area contributed by atoms with Crippen molar-refractivity contribution in [3.63, 3.8) is 0 Å². The minimum absolute atomic E-state index is 0.0761. The highest BCUT2D eigenvalue weighted by Gasteiger charge is 2.17. The van der Waals surface area contributed by atoms with Crippen molar-refractivity contribution in [1.29, 1.82) is 0 Å². The zero-order valence-electron chi connectivity index (χ0n) is 17.5. The molecule has 7 heteroatoms. The van der Waals surface area contributed by atoms with E-state index in [1.165, 1.54) is 16.5 Å². The summed E-state index contributed by atoms with van der Waals surface area (Å²) in [4.78, 5) is 38.8. The van der Waals surface area contributed by atoms with Crippen molar-refractivity contribution in [1.82, 2.24) is 9.78 Å². The lowest BCUT2D eigenvalue weighted by Crippen LogP contribution is -2.27. The van der Waals surface area contributed by atoms with Crippen LogP contribution in [0.15, 0.2) is 53.3 Å². The number of benzene rings is 2. The van der Waals surface area contributed by atoms with Gasteiger partial charge in [0.25, 0.3) is 11.5 Å². The van der Waals surface area contributed by atoms with Crippen LogP contribution >= 0.6 is 0 Å². The molecule has 30 heavy (non-hydrogen) atoms. The molecule has 0 fully saturated rings. The van der Waals surface area contributed by atoms with E-state index in [1.54, 1.807) is 55.6 Å². The zero-order valence-corrected chi connectivity index (χ0v) is 17.5. The minimum Gasteiger partial charge on any atom is -0.321 e. The molecule has 1 N–H and O–H groups in total. The molecule has 0 saturated heterocycles. The molecule has 2 amide bonds. The number of carbonyl (C=O) groups is 2. The molecule has 3 aromatic rings. The Labute approximate surface area is 175 Å². The zero-order chi connectivity index (χ0) is 21.7. The van der Waals surface area contributed by atoms with Crippen molar-refractivity contribution >= 4 is 34.0 Å². The van der Waals surface area contributed by atoms with E-state index in [4.69, 9.17) is 0 Å². The van der Waals surface area contributed by atoms with Gasteiger partial charge in [-0.3, -0.25) is 14.4 Å². The average molecular weight is 406 g/mol. The number of nitrogens with zero attached hydrogens (tertiary/aromatic N) is 3. The van der Waals surface area contributed by atoms with E-state index in [1.807, 2.05) is 0 Å². The van der Waals surface area contributed by atoms with Crippen LogP contribution in [0.5, 0.6) is 0 Å². The van der Waals surface area contributed by atoms with Gasteiger partial charge in [-0.05, 0) is 36.8 Å². The summed E-state index contributed by atoms with van der Waals surface area (Å²) in [6.45, 7) is 4.06. The average Bonchev–Trinajstić information content (AvgIpc) is 2.75. The summed E-state index contributed by atoms with van der Waals surface area (Å²) in [7, 11) is 1.69. The number of fused-ring (bicyclic) bond motifs is 1. The van der Waals surface area contributed by atoms with Gasteiger partial charge in [-0.1, -0.05) is 38.0 Å².